The summed E-state index contributed by atoms with van der Waals surface area (Å²) in [7, 11) is 0. The number of Topliss-reactive ketones (excluding diaryl/α,β-unsaturated/α-hetero) is 1. The molecule has 0 aliphatic carbocycles. The molecule has 0 aromatic heterocycles. The molecular formula is C20H24F3NO5. The molecule has 0 N–H and O–H groups in total. The van der Waals surface area contributed by atoms with Gasteiger partial charge in [-0.1, -0.05) is 0 Å². The minimum Gasteiger partial charge on any atom is -0.444 e. The normalized spacial score (nSPS) is 24.8. The fourth-order valence-electron chi connectivity index (χ4n) is 3.80. The number of fused-ring (bicyclic) bond motifs is 2. The molecule has 9 heteroatoms. The molecule has 2 aliphatic heterocycles. The Morgan fingerprint density at radius 1 is 1.03 bits per heavy atom. The lowest BCUT2D eigenvalue weighted by atomic mass is 9.81. The van der Waals surface area contributed by atoms with Gasteiger partial charge in [0.2, 0.25) is 0 Å². The Labute approximate surface area is 166 Å². The van der Waals surface area contributed by atoms with Gasteiger partial charge in [-0.05, 0) is 57.9 Å². The number of alkyl halides is 3. The highest BCUT2D eigenvalue weighted by atomic mass is 19.4. The molecular weight excluding hydrogens is 391 g/mol. The molecule has 0 radical (unpaired) electrons. The van der Waals surface area contributed by atoms with Gasteiger partial charge in [-0.3, -0.25) is 9.69 Å². The van der Waals surface area contributed by atoms with Gasteiger partial charge in [0.15, 0.2) is 5.78 Å². The van der Waals surface area contributed by atoms with Crippen molar-refractivity contribution in [1.82, 2.24) is 4.90 Å². The van der Waals surface area contributed by atoms with Crippen molar-refractivity contribution in [3.05, 3.63) is 29.8 Å². The van der Waals surface area contributed by atoms with E-state index in [0.717, 1.165) is 12.1 Å². The van der Waals surface area contributed by atoms with Gasteiger partial charge >= 0.3 is 12.5 Å². The lowest BCUT2D eigenvalue weighted by molar-refractivity contribution is -0.274. The van der Waals surface area contributed by atoms with Crippen LogP contribution in [0.1, 0.15) is 44.0 Å². The Balaban J connectivity index is 1.69. The minimum atomic E-state index is -4.78. The van der Waals surface area contributed by atoms with Crippen LogP contribution >= 0.6 is 0 Å². The number of ether oxygens (including phenoxy) is 3. The topological polar surface area (TPSA) is 65.1 Å². The fourth-order valence-corrected chi connectivity index (χ4v) is 3.80. The summed E-state index contributed by atoms with van der Waals surface area (Å²) in [6, 6.07) is 4.35. The van der Waals surface area contributed by atoms with E-state index in [0.29, 0.717) is 31.6 Å². The van der Waals surface area contributed by atoms with Crippen LogP contribution in [0.25, 0.3) is 0 Å². The average Bonchev–Trinajstić information content (AvgIpc) is 2.57. The van der Waals surface area contributed by atoms with Crippen molar-refractivity contribution in [2.45, 2.75) is 57.7 Å². The maximum atomic E-state index is 12.9. The molecule has 2 bridgehead atoms. The van der Waals surface area contributed by atoms with Crippen LogP contribution in [-0.4, -0.2) is 54.0 Å². The fraction of sp³-hybridized carbons (Fsp3) is 0.600. The first kappa shape index (κ1) is 21.4. The van der Waals surface area contributed by atoms with E-state index in [9.17, 15) is 22.8 Å². The number of morpholine rings is 1. The highest BCUT2D eigenvalue weighted by Gasteiger charge is 2.45. The molecule has 2 aliphatic rings. The van der Waals surface area contributed by atoms with Crippen LogP contribution < -0.4 is 4.74 Å². The van der Waals surface area contributed by atoms with Crippen molar-refractivity contribution in [2.75, 3.05) is 13.2 Å². The summed E-state index contributed by atoms with van der Waals surface area (Å²) in [6.07, 6.45) is -4.38. The van der Waals surface area contributed by atoms with Crippen molar-refractivity contribution in [3.63, 3.8) is 0 Å². The lowest BCUT2D eigenvalue weighted by Crippen LogP contribution is -2.60. The van der Waals surface area contributed by atoms with E-state index in [1.54, 1.807) is 25.7 Å². The van der Waals surface area contributed by atoms with Crippen molar-refractivity contribution in [1.29, 1.82) is 0 Å². The van der Waals surface area contributed by atoms with Crippen molar-refractivity contribution < 1.29 is 37.0 Å². The summed E-state index contributed by atoms with van der Waals surface area (Å²) in [5, 5.41) is 0. The van der Waals surface area contributed by atoms with Gasteiger partial charge in [-0.2, -0.15) is 0 Å². The number of ketones is 1. The molecule has 1 amide bonds. The second kappa shape index (κ2) is 7.85. The number of amides is 1. The molecule has 160 valence electrons. The number of carbonyl (C=O) groups is 2. The number of nitrogens with zero attached hydrogens (tertiary/aromatic N) is 1. The first-order valence-corrected chi connectivity index (χ1v) is 9.42. The SMILES string of the molecule is CC(C)(C)OC(=O)N1C2COCC1CC(C(=O)c1ccc(OC(F)(F)F)cc1)C2. The van der Waals surface area contributed by atoms with Crippen LogP contribution in [0.5, 0.6) is 5.75 Å². The third-order valence-corrected chi connectivity index (χ3v) is 4.87. The van der Waals surface area contributed by atoms with Crippen LogP contribution in [0, 0.1) is 5.92 Å². The third-order valence-electron chi connectivity index (χ3n) is 4.87. The van der Waals surface area contributed by atoms with Crippen LogP contribution in [-0.2, 0) is 9.47 Å². The molecule has 2 unspecified atom stereocenters. The molecule has 2 atom stereocenters. The Morgan fingerprint density at radius 2 is 1.59 bits per heavy atom. The lowest BCUT2D eigenvalue weighted by Gasteiger charge is -2.47. The molecule has 3 rings (SSSR count). The van der Waals surface area contributed by atoms with E-state index in [2.05, 4.69) is 4.74 Å². The van der Waals surface area contributed by atoms with Gasteiger partial charge in [-0.25, -0.2) is 4.79 Å². The van der Waals surface area contributed by atoms with Gasteiger partial charge in [0.25, 0.3) is 0 Å². The average molecular weight is 415 g/mol. The second-order valence-corrected chi connectivity index (χ2v) is 8.34. The molecule has 6 nitrogen and oxygen atoms in total. The van der Waals surface area contributed by atoms with E-state index in [1.807, 2.05) is 0 Å². The molecule has 1 aromatic rings. The van der Waals surface area contributed by atoms with Gasteiger partial charge in [0.1, 0.15) is 11.4 Å². The Morgan fingerprint density at radius 3 is 2.07 bits per heavy atom. The van der Waals surface area contributed by atoms with E-state index in [-0.39, 0.29) is 29.5 Å². The number of benzene rings is 1. The predicted octanol–water partition coefficient (Wildman–Crippen LogP) is 4.18. The number of rotatable bonds is 3. The largest absolute Gasteiger partial charge is 0.573 e. The first-order valence-electron chi connectivity index (χ1n) is 9.42. The molecule has 0 saturated carbocycles. The summed E-state index contributed by atoms with van der Waals surface area (Å²) in [5.41, 5.74) is -0.312. The zero-order valence-corrected chi connectivity index (χ0v) is 16.5. The molecule has 2 heterocycles. The third kappa shape index (κ3) is 5.41. The van der Waals surface area contributed by atoms with Gasteiger partial charge < -0.3 is 14.2 Å². The van der Waals surface area contributed by atoms with Crippen LogP contribution in [0.2, 0.25) is 0 Å². The summed E-state index contributed by atoms with van der Waals surface area (Å²) in [5.74, 6) is -0.884. The zero-order valence-electron chi connectivity index (χ0n) is 16.5. The Kier molecular flexibility index (Phi) is 5.80. The number of piperidine rings is 1. The van der Waals surface area contributed by atoms with Gasteiger partial charge in [0.05, 0.1) is 25.3 Å². The van der Waals surface area contributed by atoms with Crippen LogP contribution in [0.3, 0.4) is 0 Å². The standard InChI is InChI=1S/C20H24F3NO5/c1-19(2,3)29-18(26)24-14-8-13(9-15(24)11-27-10-14)17(25)12-4-6-16(7-5-12)28-20(21,22)23/h4-7,13-15H,8-11H2,1-3H3. The van der Waals surface area contributed by atoms with Gasteiger partial charge in [0, 0.05) is 11.5 Å². The quantitative estimate of drug-likeness (QED) is 0.693. The van der Waals surface area contributed by atoms with Crippen LogP contribution in [0.15, 0.2) is 24.3 Å². The van der Waals surface area contributed by atoms with Crippen molar-refractivity contribution in [2.24, 2.45) is 5.92 Å². The summed E-state index contributed by atoms with van der Waals surface area (Å²) in [6.45, 7) is 6.01. The number of halogens is 3. The van der Waals surface area contributed by atoms with E-state index in [4.69, 9.17) is 9.47 Å². The highest BCUT2D eigenvalue weighted by Crippen LogP contribution is 2.35. The molecule has 2 fully saturated rings. The summed E-state index contributed by atoms with van der Waals surface area (Å²) in [4.78, 5) is 27.1. The van der Waals surface area contributed by atoms with Crippen molar-refractivity contribution >= 4 is 11.9 Å². The maximum absolute atomic E-state index is 12.9. The second-order valence-electron chi connectivity index (χ2n) is 8.34. The molecule has 0 spiro atoms. The highest BCUT2D eigenvalue weighted by molar-refractivity contribution is 5.98. The van der Waals surface area contributed by atoms with Crippen LogP contribution in [0.4, 0.5) is 18.0 Å². The monoisotopic (exact) mass is 415 g/mol. The zero-order chi connectivity index (χ0) is 21.4. The smallest absolute Gasteiger partial charge is 0.444 e. The first-order chi connectivity index (χ1) is 13.4. The molecule has 1 aromatic carbocycles. The summed E-state index contributed by atoms with van der Waals surface area (Å²) < 4.78 is 51.7. The van der Waals surface area contributed by atoms with E-state index < -0.39 is 18.1 Å². The predicted molar refractivity (Wildman–Crippen MR) is 96.6 cm³/mol. The maximum Gasteiger partial charge on any atom is 0.573 e. The Bertz CT molecular complexity index is 743. The minimum absolute atomic E-state index is 0.163. The summed E-state index contributed by atoms with van der Waals surface area (Å²) >= 11 is 0. The molecule has 29 heavy (non-hydrogen) atoms. The molecule has 2 saturated heterocycles. The van der Waals surface area contributed by atoms with Gasteiger partial charge in [-0.15, -0.1) is 13.2 Å². The van der Waals surface area contributed by atoms with E-state index in [1.165, 1.54) is 12.1 Å². The number of hydrogen-bond donors (Lipinski definition) is 0. The number of carbonyl (C=O) groups excluding carboxylic acids is 2. The Hall–Kier alpha value is -2.29. The van der Waals surface area contributed by atoms with E-state index >= 15 is 0 Å². The number of hydrogen-bond acceptors (Lipinski definition) is 5. The van der Waals surface area contributed by atoms with Crippen molar-refractivity contribution in [3.8, 4) is 5.75 Å².